The zero-order valence-corrected chi connectivity index (χ0v) is 16.9. The minimum Gasteiger partial charge on any atom is -0.378 e. The standard InChI is InChI=1S/C23H27N3O3/c1-18(27)24-21-10-7-19(8-11-21)9-12-23(28)25(2)17-20-5-3-4-6-22(20)26-13-15-29-16-14-26/h3-12H,13-17H2,1-2H3,(H,24,27)/b12-9+. The largest absolute Gasteiger partial charge is 0.378 e. The number of carbonyl (C=O) groups excluding carboxylic acids is 2. The number of morpholine rings is 1. The summed E-state index contributed by atoms with van der Waals surface area (Å²) in [6, 6.07) is 15.6. The second-order valence-corrected chi connectivity index (χ2v) is 7.06. The second kappa shape index (κ2) is 9.89. The third-order valence-electron chi connectivity index (χ3n) is 4.78. The average Bonchev–Trinajstić information content (AvgIpc) is 2.73. The van der Waals surface area contributed by atoms with Crippen LogP contribution in [0, 0.1) is 0 Å². The lowest BCUT2D eigenvalue weighted by molar-refractivity contribution is -0.125. The van der Waals surface area contributed by atoms with Crippen LogP contribution in [0.3, 0.4) is 0 Å². The van der Waals surface area contributed by atoms with Crippen LogP contribution in [0.15, 0.2) is 54.6 Å². The van der Waals surface area contributed by atoms with E-state index in [9.17, 15) is 9.59 Å². The molecule has 152 valence electrons. The summed E-state index contributed by atoms with van der Waals surface area (Å²) in [6.07, 6.45) is 3.36. The summed E-state index contributed by atoms with van der Waals surface area (Å²) in [5.74, 6) is -0.171. The van der Waals surface area contributed by atoms with E-state index in [-0.39, 0.29) is 11.8 Å². The highest BCUT2D eigenvalue weighted by atomic mass is 16.5. The lowest BCUT2D eigenvalue weighted by atomic mass is 10.1. The van der Waals surface area contributed by atoms with Crippen LogP contribution in [0.25, 0.3) is 6.08 Å². The number of anilines is 2. The quantitative estimate of drug-likeness (QED) is 0.766. The molecule has 0 bridgehead atoms. The number of hydrogen-bond acceptors (Lipinski definition) is 4. The molecule has 1 aliphatic rings. The van der Waals surface area contributed by atoms with Crippen LogP contribution >= 0.6 is 0 Å². The highest BCUT2D eigenvalue weighted by molar-refractivity contribution is 5.92. The average molecular weight is 393 g/mol. The number of ether oxygens (including phenoxy) is 1. The minimum atomic E-state index is -0.109. The van der Waals surface area contributed by atoms with Gasteiger partial charge in [-0.2, -0.15) is 0 Å². The van der Waals surface area contributed by atoms with E-state index in [4.69, 9.17) is 4.74 Å². The fourth-order valence-electron chi connectivity index (χ4n) is 3.27. The number of nitrogens with zero attached hydrogens (tertiary/aromatic N) is 2. The molecular weight excluding hydrogens is 366 g/mol. The van der Waals surface area contributed by atoms with E-state index in [0.717, 1.165) is 48.8 Å². The van der Waals surface area contributed by atoms with Gasteiger partial charge in [0.2, 0.25) is 11.8 Å². The van der Waals surface area contributed by atoms with Gasteiger partial charge < -0.3 is 19.9 Å². The van der Waals surface area contributed by atoms with Gasteiger partial charge in [-0.25, -0.2) is 0 Å². The highest BCUT2D eigenvalue weighted by Gasteiger charge is 2.16. The number of nitrogens with one attached hydrogen (secondary N) is 1. The highest BCUT2D eigenvalue weighted by Crippen LogP contribution is 2.23. The number of hydrogen-bond donors (Lipinski definition) is 1. The van der Waals surface area contributed by atoms with Crippen molar-refractivity contribution in [3.05, 3.63) is 65.7 Å². The first-order chi connectivity index (χ1) is 14.0. The van der Waals surface area contributed by atoms with Crippen molar-refractivity contribution in [2.45, 2.75) is 13.5 Å². The summed E-state index contributed by atoms with van der Waals surface area (Å²) in [5, 5.41) is 2.72. The van der Waals surface area contributed by atoms with Crippen LogP contribution in [-0.4, -0.2) is 50.1 Å². The molecule has 6 nitrogen and oxygen atoms in total. The SMILES string of the molecule is CC(=O)Nc1ccc(/C=C/C(=O)N(C)Cc2ccccc2N2CCOCC2)cc1. The first-order valence-electron chi connectivity index (χ1n) is 9.74. The molecule has 1 saturated heterocycles. The smallest absolute Gasteiger partial charge is 0.246 e. The van der Waals surface area contributed by atoms with Gasteiger partial charge in [0.15, 0.2) is 0 Å². The first kappa shape index (κ1) is 20.6. The van der Waals surface area contributed by atoms with E-state index < -0.39 is 0 Å². The van der Waals surface area contributed by atoms with Crippen LogP contribution < -0.4 is 10.2 Å². The molecule has 0 aromatic heterocycles. The Hall–Kier alpha value is -3.12. The molecule has 2 amide bonds. The molecule has 3 rings (SSSR count). The summed E-state index contributed by atoms with van der Waals surface area (Å²) in [4.78, 5) is 27.7. The van der Waals surface area contributed by atoms with Crippen LogP contribution in [0.1, 0.15) is 18.1 Å². The fourth-order valence-corrected chi connectivity index (χ4v) is 3.27. The summed E-state index contributed by atoms with van der Waals surface area (Å²) in [5.41, 5.74) is 3.92. The molecule has 1 fully saturated rings. The Bertz CT molecular complexity index is 871. The predicted molar refractivity (Wildman–Crippen MR) is 116 cm³/mol. The van der Waals surface area contributed by atoms with Crippen molar-refractivity contribution in [2.24, 2.45) is 0 Å². The van der Waals surface area contributed by atoms with Crippen molar-refractivity contribution >= 4 is 29.3 Å². The van der Waals surface area contributed by atoms with Gasteiger partial charge in [-0.1, -0.05) is 30.3 Å². The summed E-state index contributed by atoms with van der Waals surface area (Å²) < 4.78 is 5.44. The molecule has 0 saturated carbocycles. The van der Waals surface area contributed by atoms with Gasteiger partial charge in [0.05, 0.1) is 13.2 Å². The summed E-state index contributed by atoms with van der Waals surface area (Å²) in [6.45, 7) is 5.20. The van der Waals surface area contributed by atoms with Gasteiger partial charge in [-0.15, -0.1) is 0 Å². The fraction of sp³-hybridized carbons (Fsp3) is 0.304. The Labute approximate surface area is 171 Å². The van der Waals surface area contributed by atoms with Gasteiger partial charge in [0.1, 0.15) is 0 Å². The van der Waals surface area contributed by atoms with Crippen molar-refractivity contribution in [3.63, 3.8) is 0 Å². The van der Waals surface area contributed by atoms with Crippen LogP contribution in [0.5, 0.6) is 0 Å². The lowest BCUT2D eigenvalue weighted by Gasteiger charge is -2.31. The van der Waals surface area contributed by atoms with Crippen LogP contribution in [0.4, 0.5) is 11.4 Å². The van der Waals surface area contributed by atoms with Gasteiger partial charge in [-0.05, 0) is 35.4 Å². The molecule has 1 heterocycles. The molecule has 0 spiro atoms. The first-order valence-corrected chi connectivity index (χ1v) is 9.74. The zero-order valence-electron chi connectivity index (χ0n) is 16.9. The van der Waals surface area contributed by atoms with Crippen molar-refractivity contribution < 1.29 is 14.3 Å². The topological polar surface area (TPSA) is 61.9 Å². The molecule has 1 N–H and O–H groups in total. The molecule has 29 heavy (non-hydrogen) atoms. The van der Waals surface area contributed by atoms with Gasteiger partial charge >= 0.3 is 0 Å². The molecule has 2 aromatic carbocycles. The molecule has 1 aliphatic heterocycles. The number of carbonyl (C=O) groups is 2. The third kappa shape index (κ3) is 5.93. The third-order valence-corrected chi connectivity index (χ3v) is 4.78. The number of rotatable bonds is 6. The molecule has 0 radical (unpaired) electrons. The number of para-hydroxylation sites is 1. The summed E-state index contributed by atoms with van der Waals surface area (Å²) >= 11 is 0. The van der Waals surface area contributed by atoms with Crippen molar-refractivity contribution in [2.75, 3.05) is 43.6 Å². The van der Waals surface area contributed by atoms with E-state index in [1.165, 1.54) is 6.92 Å². The Kier molecular flexibility index (Phi) is 7.03. The Morgan fingerprint density at radius 1 is 1.10 bits per heavy atom. The summed E-state index contributed by atoms with van der Waals surface area (Å²) in [7, 11) is 1.81. The van der Waals surface area contributed by atoms with Gasteiger partial charge in [0.25, 0.3) is 0 Å². The molecule has 0 atom stereocenters. The second-order valence-electron chi connectivity index (χ2n) is 7.06. The van der Waals surface area contributed by atoms with E-state index >= 15 is 0 Å². The number of benzene rings is 2. The zero-order chi connectivity index (χ0) is 20.6. The van der Waals surface area contributed by atoms with Crippen molar-refractivity contribution in [3.8, 4) is 0 Å². The predicted octanol–water partition coefficient (Wildman–Crippen LogP) is 3.15. The Morgan fingerprint density at radius 3 is 2.48 bits per heavy atom. The molecule has 2 aromatic rings. The molecular formula is C23H27N3O3. The van der Waals surface area contributed by atoms with Crippen LogP contribution in [0.2, 0.25) is 0 Å². The Morgan fingerprint density at radius 2 is 1.79 bits per heavy atom. The Balaban J connectivity index is 1.62. The molecule has 6 heteroatoms. The van der Waals surface area contributed by atoms with Crippen LogP contribution in [-0.2, 0) is 20.9 Å². The minimum absolute atomic E-state index is 0.0623. The van der Waals surface area contributed by atoms with E-state index in [2.05, 4.69) is 22.3 Å². The molecule has 0 aliphatic carbocycles. The van der Waals surface area contributed by atoms with Crippen molar-refractivity contribution in [1.82, 2.24) is 4.90 Å². The number of likely N-dealkylation sites (N-methyl/N-ethyl adjacent to an activating group) is 1. The maximum atomic E-state index is 12.6. The van der Waals surface area contributed by atoms with E-state index in [1.807, 2.05) is 43.4 Å². The van der Waals surface area contributed by atoms with E-state index in [0.29, 0.717) is 6.54 Å². The van der Waals surface area contributed by atoms with E-state index in [1.54, 1.807) is 17.1 Å². The lowest BCUT2D eigenvalue weighted by Crippen LogP contribution is -2.37. The molecule has 0 unspecified atom stereocenters. The monoisotopic (exact) mass is 393 g/mol. The normalized spacial score (nSPS) is 14.1. The van der Waals surface area contributed by atoms with Gasteiger partial charge in [-0.3, -0.25) is 9.59 Å². The maximum absolute atomic E-state index is 12.6. The maximum Gasteiger partial charge on any atom is 0.246 e. The number of amides is 2. The van der Waals surface area contributed by atoms with Gasteiger partial charge in [0, 0.05) is 51.1 Å². The van der Waals surface area contributed by atoms with Crippen molar-refractivity contribution in [1.29, 1.82) is 0 Å².